The molecule has 1 aliphatic rings. The SMILES string of the molecule is O=C(CCCCNC(=O)CCc1ccccc1)NCCCCc1ccc2c(c1)Cc1ccccc1-2. The first-order valence-corrected chi connectivity index (χ1v) is 13.0. The van der Waals surface area contributed by atoms with Crippen LogP contribution in [0, 0.1) is 0 Å². The van der Waals surface area contributed by atoms with Gasteiger partial charge in [-0.3, -0.25) is 9.59 Å². The van der Waals surface area contributed by atoms with Crippen molar-refractivity contribution >= 4 is 11.8 Å². The quantitative estimate of drug-likeness (QED) is 0.250. The second-order valence-electron chi connectivity index (χ2n) is 9.43. The van der Waals surface area contributed by atoms with Crippen LogP contribution in [0.5, 0.6) is 0 Å². The maximum atomic E-state index is 12.1. The van der Waals surface area contributed by atoms with Crippen LogP contribution in [-0.2, 0) is 28.9 Å². The van der Waals surface area contributed by atoms with Crippen LogP contribution in [0.25, 0.3) is 11.1 Å². The molecule has 4 rings (SSSR count). The van der Waals surface area contributed by atoms with E-state index in [-0.39, 0.29) is 11.8 Å². The predicted octanol–water partition coefficient (Wildman–Crippen LogP) is 5.62. The van der Waals surface area contributed by atoms with Crippen LogP contribution in [-0.4, -0.2) is 24.9 Å². The Bertz CT molecular complexity index is 1120. The molecule has 0 spiro atoms. The first-order chi connectivity index (χ1) is 17.2. The van der Waals surface area contributed by atoms with Gasteiger partial charge in [-0.05, 0) is 78.3 Å². The number of carbonyl (C=O) groups excluding carboxylic acids is 2. The highest BCUT2D eigenvalue weighted by Crippen LogP contribution is 2.36. The number of hydrogen-bond donors (Lipinski definition) is 2. The Hall–Kier alpha value is -3.40. The largest absolute Gasteiger partial charge is 0.356 e. The molecular weight excluding hydrogens is 432 g/mol. The highest BCUT2D eigenvalue weighted by atomic mass is 16.2. The lowest BCUT2D eigenvalue weighted by molar-refractivity contribution is -0.121. The molecule has 0 saturated heterocycles. The lowest BCUT2D eigenvalue weighted by atomic mass is 10.0. The van der Waals surface area contributed by atoms with E-state index in [9.17, 15) is 9.59 Å². The molecule has 0 heterocycles. The average molecular weight is 469 g/mol. The Morgan fingerprint density at radius 1 is 0.600 bits per heavy atom. The summed E-state index contributed by atoms with van der Waals surface area (Å²) >= 11 is 0. The molecule has 3 aromatic carbocycles. The minimum Gasteiger partial charge on any atom is -0.356 e. The van der Waals surface area contributed by atoms with Crippen molar-refractivity contribution in [3.63, 3.8) is 0 Å². The van der Waals surface area contributed by atoms with Crippen LogP contribution in [0.3, 0.4) is 0 Å². The van der Waals surface area contributed by atoms with Crippen LogP contribution in [0.2, 0.25) is 0 Å². The maximum Gasteiger partial charge on any atom is 0.220 e. The van der Waals surface area contributed by atoms with Gasteiger partial charge in [-0.2, -0.15) is 0 Å². The number of unbranched alkanes of at least 4 members (excludes halogenated alkanes) is 2. The normalized spacial score (nSPS) is 11.5. The molecule has 0 fully saturated rings. The highest BCUT2D eigenvalue weighted by molar-refractivity contribution is 5.77. The van der Waals surface area contributed by atoms with E-state index in [2.05, 4.69) is 53.1 Å². The number of benzene rings is 3. The van der Waals surface area contributed by atoms with Gasteiger partial charge in [0, 0.05) is 25.9 Å². The van der Waals surface area contributed by atoms with Gasteiger partial charge in [0.2, 0.25) is 11.8 Å². The van der Waals surface area contributed by atoms with Gasteiger partial charge < -0.3 is 10.6 Å². The Morgan fingerprint density at radius 2 is 1.29 bits per heavy atom. The summed E-state index contributed by atoms with van der Waals surface area (Å²) in [6, 6.07) is 25.6. The summed E-state index contributed by atoms with van der Waals surface area (Å²) in [6.07, 6.45) is 7.54. The molecule has 2 N–H and O–H groups in total. The Kier molecular flexibility index (Phi) is 9.11. The number of fused-ring (bicyclic) bond motifs is 3. The van der Waals surface area contributed by atoms with Crippen molar-refractivity contribution in [3.05, 3.63) is 95.1 Å². The average Bonchev–Trinajstić information content (AvgIpc) is 3.25. The molecule has 2 amide bonds. The Labute approximate surface area is 209 Å². The number of rotatable bonds is 13. The number of hydrogen-bond acceptors (Lipinski definition) is 2. The molecule has 1 aliphatic carbocycles. The zero-order chi connectivity index (χ0) is 24.3. The lowest BCUT2D eigenvalue weighted by Gasteiger charge is -2.08. The van der Waals surface area contributed by atoms with E-state index >= 15 is 0 Å². The second kappa shape index (κ2) is 12.9. The summed E-state index contributed by atoms with van der Waals surface area (Å²) in [7, 11) is 0. The summed E-state index contributed by atoms with van der Waals surface area (Å²) in [5.41, 5.74) is 8.18. The zero-order valence-electron chi connectivity index (χ0n) is 20.5. The molecule has 0 radical (unpaired) electrons. The summed E-state index contributed by atoms with van der Waals surface area (Å²) in [5, 5.41) is 5.99. The van der Waals surface area contributed by atoms with Gasteiger partial charge in [0.05, 0.1) is 0 Å². The van der Waals surface area contributed by atoms with E-state index in [1.54, 1.807) is 0 Å². The molecule has 35 heavy (non-hydrogen) atoms. The van der Waals surface area contributed by atoms with Crippen molar-refractivity contribution < 1.29 is 9.59 Å². The smallest absolute Gasteiger partial charge is 0.220 e. The molecule has 0 aliphatic heterocycles. The third-order valence-electron chi connectivity index (χ3n) is 6.71. The van der Waals surface area contributed by atoms with E-state index in [1.807, 2.05) is 30.3 Å². The van der Waals surface area contributed by atoms with Crippen LogP contribution in [0.15, 0.2) is 72.8 Å². The third kappa shape index (κ3) is 7.54. The van der Waals surface area contributed by atoms with Gasteiger partial charge in [-0.15, -0.1) is 0 Å². The molecule has 0 atom stereocenters. The minimum absolute atomic E-state index is 0.0752. The zero-order valence-corrected chi connectivity index (χ0v) is 20.5. The molecule has 0 aromatic heterocycles. The number of amides is 2. The van der Waals surface area contributed by atoms with Crippen molar-refractivity contribution in [1.82, 2.24) is 10.6 Å². The number of nitrogens with one attached hydrogen (secondary N) is 2. The highest BCUT2D eigenvalue weighted by Gasteiger charge is 2.17. The summed E-state index contributed by atoms with van der Waals surface area (Å²) < 4.78 is 0. The molecule has 0 bridgehead atoms. The van der Waals surface area contributed by atoms with Crippen LogP contribution in [0.1, 0.15) is 60.8 Å². The van der Waals surface area contributed by atoms with Gasteiger partial charge in [0.25, 0.3) is 0 Å². The molecule has 3 aromatic rings. The van der Waals surface area contributed by atoms with Crippen LogP contribution >= 0.6 is 0 Å². The fraction of sp³-hybridized carbons (Fsp3) is 0.355. The monoisotopic (exact) mass is 468 g/mol. The van der Waals surface area contributed by atoms with Crippen molar-refractivity contribution in [2.45, 2.75) is 57.8 Å². The lowest BCUT2D eigenvalue weighted by Crippen LogP contribution is -2.26. The van der Waals surface area contributed by atoms with E-state index in [0.29, 0.717) is 19.4 Å². The van der Waals surface area contributed by atoms with Gasteiger partial charge in [0.15, 0.2) is 0 Å². The van der Waals surface area contributed by atoms with Gasteiger partial charge in [0.1, 0.15) is 0 Å². The van der Waals surface area contributed by atoms with Crippen molar-refractivity contribution in [3.8, 4) is 11.1 Å². The van der Waals surface area contributed by atoms with Crippen molar-refractivity contribution in [2.75, 3.05) is 13.1 Å². The van der Waals surface area contributed by atoms with E-state index in [4.69, 9.17) is 0 Å². The van der Waals surface area contributed by atoms with Crippen LogP contribution in [0.4, 0.5) is 0 Å². The first-order valence-electron chi connectivity index (χ1n) is 13.0. The molecule has 0 unspecified atom stereocenters. The van der Waals surface area contributed by atoms with E-state index in [1.165, 1.54) is 33.4 Å². The molecule has 182 valence electrons. The summed E-state index contributed by atoms with van der Waals surface area (Å²) in [5.74, 6) is 0.182. The van der Waals surface area contributed by atoms with Gasteiger partial charge in [-0.1, -0.05) is 72.8 Å². The second-order valence-corrected chi connectivity index (χ2v) is 9.43. The fourth-order valence-corrected chi connectivity index (χ4v) is 4.75. The third-order valence-corrected chi connectivity index (χ3v) is 6.71. The van der Waals surface area contributed by atoms with Gasteiger partial charge in [-0.25, -0.2) is 0 Å². The van der Waals surface area contributed by atoms with Crippen LogP contribution < -0.4 is 10.6 Å². The Morgan fingerprint density at radius 3 is 2.11 bits per heavy atom. The molecule has 4 nitrogen and oxygen atoms in total. The van der Waals surface area contributed by atoms with Crippen molar-refractivity contribution in [1.29, 1.82) is 0 Å². The van der Waals surface area contributed by atoms with Crippen molar-refractivity contribution in [2.24, 2.45) is 0 Å². The minimum atomic E-state index is 0.0752. The Balaban J connectivity index is 1.01. The fourth-order valence-electron chi connectivity index (χ4n) is 4.75. The summed E-state index contributed by atoms with van der Waals surface area (Å²) in [4.78, 5) is 24.0. The maximum absolute atomic E-state index is 12.1. The number of aryl methyl sites for hydroxylation is 2. The standard InChI is InChI=1S/C31H36N2O2/c34-30(15-7-9-21-33-31(35)19-17-24-10-2-1-3-11-24)32-20-8-6-12-25-16-18-29-27(22-25)23-26-13-4-5-14-28(26)29/h1-5,10-11,13-14,16,18,22H,6-9,12,15,17,19-21,23H2,(H,32,34)(H,33,35). The summed E-state index contributed by atoms with van der Waals surface area (Å²) in [6.45, 7) is 1.36. The van der Waals surface area contributed by atoms with Gasteiger partial charge >= 0.3 is 0 Å². The topological polar surface area (TPSA) is 58.2 Å². The van der Waals surface area contributed by atoms with E-state index < -0.39 is 0 Å². The number of carbonyl (C=O) groups is 2. The molecule has 4 heteroatoms. The molecular formula is C31H36N2O2. The first kappa shape index (κ1) is 24.7. The molecule has 0 saturated carbocycles. The predicted molar refractivity (Wildman–Crippen MR) is 142 cm³/mol. The van der Waals surface area contributed by atoms with E-state index in [0.717, 1.165) is 51.5 Å².